The van der Waals surface area contributed by atoms with E-state index in [1.165, 1.54) is 0 Å². The second-order valence-corrected chi connectivity index (χ2v) is 6.90. The molecule has 0 saturated carbocycles. The van der Waals surface area contributed by atoms with Crippen molar-refractivity contribution in [2.24, 2.45) is 0 Å². The molecule has 27 heavy (non-hydrogen) atoms. The van der Waals surface area contributed by atoms with E-state index in [2.05, 4.69) is 13.8 Å². The third-order valence-corrected chi connectivity index (χ3v) is 4.13. The van der Waals surface area contributed by atoms with Crippen LogP contribution in [0.1, 0.15) is 97.3 Å². The summed E-state index contributed by atoms with van der Waals surface area (Å²) in [7, 11) is 0. The van der Waals surface area contributed by atoms with Crippen molar-refractivity contribution in [1.29, 1.82) is 0 Å². The SMILES string of the molecule is CCCOC(CCCCOC(=O)CCCCCCCCC(=O)O)OCCC. The number of unbranched alkanes of at least 4 members (excludes halogenated alkanes) is 6. The Labute approximate surface area is 164 Å². The Morgan fingerprint density at radius 1 is 0.741 bits per heavy atom. The van der Waals surface area contributed by atoms with Gasteiger partial charge in [0.15, 0.2) is 6.29 Å². The Morgan fingerprint density at radius 3 is 1.85 bits per heavy atom. The predicted molar refractivity (Wildman–Crippen MR) is 106 cm³/mol. The zero-order valence-electron chi connectivity index (χ0n) is 17.4. The summed E-state index contributed by atoms with van der Waals surface area (Å²) in [5, 5.41) is 8.55. The summed E-state index contributed by atoms with van der Waals surface area (Å²) in [5.74, 6) is -0.850. The van der Waals surface area contributed by atoms with Gasteiger partial charge >= 0.3 is 11.9 Å². The van der Waals surface area contributed by atoms with Crippen molar-refractivity contribution in [1.82, 2.24) is 0 Å². The molecule has 0 aromatic carbocycles. The number of rotatable bonds is 20. The van der Waals surface area contributed by atoms with E-state index < -0.39 is 5.97 Å². The summed E-state index contributed by atoms with van der Waals surface area (Å²) in [6, 6.07) is 0. The van der Waals surface area contributed by atoms with Gasteiger partial charge in [0.2, 0.25) is 0 Å². The molecule has 0 aromatic heterocycles. The maximum atomic E-state index is 11.7. The number of aliphatic carboxylic acids is 1. The van der Waals surface area contributed by atoms with Gasteiger partial charge in [-0.25, -0.2) is 0 Å². The van der Waals surface area contributed by atoms with Crippen LogP contribution in [-0.2, 0) is 23.8 Å². The third kappa shape index (κ3) is 19.4. The van der Waals surface area contributed by atoms with Crippen LogP contribution in [0.2, 0.25) is 0 Å². The molecule has 160 valence electrons. The lowest BCUT2D eigenvalue weighted by Gasteiger charge is -2.18. The summed E-state index contributed by atoms with van der Waals surface area (Å²) in [6.45, 7) is 6.04. The molecule has 1 N–H and O–H groups in total. The van der Waals surface area contributed by atoms with Crippen LogP contribution >= 0.6 is 0 Å². The summed E-state index contributed by atoms with van der Waals surface area (Å²) in [6.07, 6.45) is 10.7. The van der Waals surface area contributed by atoms with Gasteiger partial charge in [-0.05, 0) is 44.9 Å². The number of carbonyl (C=O) groups excluding carboxylic acids is 1. The predicted octanol–water partition coefficient (Wildman–Crippen LogP) is 5.08. The molecule has 0 rings (SSSR count). The molecule has 0 aromatic rings. The van der Waals surface area contributed by atoms with Crippen molar-refractivity contribution in [2.75, 3.05) is 19.8 Å². The van der Waals surface area contributed by atoms with E-state index in [0.29, 0.717) is 26.2 Å². The molecule has 0 fully saturated rings. The quantitative estimate of drug-likeness (QED) is 0.178. The average molecular weight is 389 g/mol. The molecule has 0 bridgehead atoms. The molecule has 0 atom stereocenters. The van der Waals surface area contributed by atoms with E-state index in [1.54, 1.807) is 0 Å². The molecule has 0 heterocycles. The minimum atomic E-state index is -0.727. The van der Waals surface area contributed by atoms with Gasteiger partial charge in [0.1, 0.15) is 0 Å². The highest BCUT2D eigenvalue weighted by molar-refractivity contribution is 5.69. The Bertz CT molecular complexity index is 351. The van der Waals surface area contributed by atoms with Gasteiger partial charge in [-0.15, -0.1) is 0 Å². The highest BCUT2D eigenvalue weighted by atomic mass is 16.7. The highest BCUT2D eigenvalue weighted by Gasteiger charge is 2.09. The van der Waals surface area contributed by atoms with Gasteiger partial charge in [-0.3, -0.25) is 9.59 Å². The number of carboxylic acid groups (broad SMARTS) is 1. The Kier molecular flexibility index (Phi) is 18.8. The number of ether oxygens (including phenoxy) is 3. The van der Waals surface area contributed by atoms with Crippen molar-refractivity contribution < 1.29 is 28.9 Å². The van der Waals surface area contributed by atoms with Gasteiger partial charge < -0.3 is 19.3 Å². The van der Waals surface area contributed by atoms with E-state index >= 15 is 0 Å². The molecule has 0 aliphatic heterocycles. The van der Waals surface area contributed by atoms with Crippen LogP contribution in [0.25, 0.3) is 0 Å². The number of hydrogen-bond acceptors (Lipinski definition) is 5. The first-order valence-corrected chi connectivity index (χ1v) is 10.7. The molecule has 0 radical (unpaired) electrons. The minimum absolute atomic E-state index is 0.123. The van der Waals surface area contributed by atoms with E-state index in [9.17, 15) is 9.59 Å². The standard InChI is InChI=1S/C21H40O6/c1-3-16-26-21(27-17-4-2)15-11-12-18-25-20(24)14-10-8-6-5-7-9-13-19(22)23/h21H,3-18H2,1-2H3,(H,22,23). The van der Waals surface area contributed by atoms with E-state index in [0.717, 1.165) is 70.6 Å². The maximum Gasteiger partial charge on any atom is 0.305 e. The van der Waals surface area contributed by atoms with E-state index in [-0.39, 0.29) is 18.7 Å². The lowest BCUT2D eigenvalue weighted by molar-refractivity contribution is -0.148. The van der Waals surface area contributed by atoms with Crippen LogP contribution in [0.15, 0.2) is 0 Å². The third-order valence-electron chi connectivity index (χ3n) is 4.13. The molecule has 0 aliphatic carbocycles. The van der Waals surface area contributed by atoms with Gasteiger partial charge in [0.05, 0.1) is 6.61 Å². The smallest absolute Gasteiger partial charge is 0.305 e. The second kappa shape index (κ2) is 19.6. The van der Waals surface area contributed by atoms with Gasteiger partial charge in [0, 0.05) is 26.1 Å². The van der Waals surface area contributed by atoms with Crippen molar-refractivity contribution in [3.8, 4) is 0 Å². The van der Waals surface area contributed by atoms with Gasteiger partial charge in [-0.1, -0.05) is 39.5 Å². The monoisotopic (exact) mass is 388 g/mol. The molecule has 0 spiro atoms. The van der Waals surface area contributed by atoms with Crippen molar-refractivity contribution in [3.63, 3.8) is 0 Å². The first kappa shape index (κ1) is 25.9. The molecule has 6 heteroatoms. The molecule has 0 saturated heterocycles. The summed E-state index contributed by atoms with van der Waals surface area (Å²) in [5.41, 5.74) is 0. The molecule has 0 amide bonds. The Hall–Kier alpha value is -1.14. The van der Waals surface area contributed by atoms with Gasteiger partial charge in [-0.2, -0.15) is 0 Å². The van der Waals surface area contributed by atoms with Crippen LogP contribution in [0.3, 0.4) is 0 Å². The van der Waals surface area contributed by atoms with Crippen LogP contribution in [0.4, 0.5) is 0 Å². The van der Waals surface area contributed by atoms with Crippen LogP contribution in [-0.4, -0.2) is 43.2 Å². The number of carbonyl (C=O) groups is 2. The van der Waals surface area contributed by atoms with Crippen molar-refractivity contribution in [3.05, 3.63) is 0 Å². The molecule has 0 aliphatic rings. The molecular formula is C21H40O6. The van der Waals surface area contributed by atoms with E-state index in [1.807, 2.05) is 0 Å². The van der Waals surface area contributed by atoms with Crippen LogP contribution in [0, 0.1) is 0 Å². The molecule has 0 unspecified atom stereocenters. The lowest BCUT2D eigenvalue weighted by atomic mass is 10.1. The molecule has 6 nitrogen and oxygen atoms in total. The first-order chi connectivity index (χ1) is 13.1. The Balaban J connectivity index is 3.49. The lowest BCUT2D eigenvalue weighted by Crippen LogP contribution is -2.18. The number of esters is 1. The van der Waals surface area contributed by atoms with Gasteiger partial charge in [0.25, 0.3) is 0 Å². The summed E-state index contributed by atoms with van der Waals surface area (Å²) >= 11 is 0. The van der Waals surface area contributed by atoms with E-state index in [4.69, 9.17) is 19.3 Å². The summed E-state index contributed by atoms with van der Waals surface area (Å²) < 4.78 is 16.6. The number of carboxylic acids is 1. The normalized spacial score (nSPS) is 11.1. The maximum absolute atomic E-state index is 11.7. The zero-order chi connectivity index (χ0) is 20.2. The zero-order valence-corrected chi connectivity index (χ0v) is 17.4. The topological polar surface area (TPSA) is 82.1 Å². The van der Waals surface area contributed by atoms with Crippen LogP contribution < -0.4 is 0 Å². The fourth-order valence-electron chi connectivity index (χ4n) is 2.64. The van der Waals surface area contributed by atoms with Crippen LogP contribution in [0.5, 0.6) is 0 Å². The van der Waals surface area contributed by atoms with Crippen molar-refractivity contribution in [2.45, 2.75) is 104 Å². The fourth-order valence-corrected chi connectivity index (χ4v) is 2.64. The minimum Gasteiger partial charge on any atom is -0.481 e. The largest absolute Gasteiger partial charge is 0.481 e. The highest BCUT2D eigenvalue weighted by Crippen LogP contribution is 2.10. The number of hydrogen-bond donors (Lipinski definition) is 1. The first-order valence-electron chi connectivity index (χ1n) is 10.7. The average Bonchev–Trinajstić information content (AvgIpc) is 2.64. The van der Waals surface area contributed by atoms with Crippen molar-refractivity contribution >= 4 is 11.9 Å². The fraction of sp³-hybridized carbons (Fsp3) is 0.905. The Morgan fingerprint density at radius 2 is 1.30 bits per heavy atom. The second-order valence-electron chi connectivity index (χ2n) is 6.90. The molecular weight excluding hydrogens is 348 g/mol. The summed E-state index contributed by atoms with van der Waals surface area (Å²) in [4.78, 5) is 22.1.